The first kappa shape index (κ1) is 21.1. The summed E-state index contributed by atoms with van der Waals surface area (Å²) in [5.74, 6) is -0.869. The van der Waals surface area contributed by atoms with Crippen molar-refractivity contribution in [2.75, 3.05) is 13.2 Å². The molecule has 0 radical (unpaired) electrons. The SMILES string of the molecule is CCOC(=O)C(Sc1nc(-c2ccccc2)nc2ccc(Cl)cc12)C(=O)OCC. The van der Waals surface area contributed by atoms with Crippen molar-refractivity contribution in [3.8, 4) is 11.4 Å². The quantitative estimate of drug-likeness (QED) is 0.235. The molecule has 29 heavy (non-hydrogen) atoms. The van der Waals surface area contributed by atoms with E-state index in [9.17, 15) is 9.59 Å². The molecule has 0 unspecified atom stereocenters. The number of fused-ring (bicyclic) bond motifs is 1. The van der Waals surface area contributed by atoms with Gasteiger partial charge >= 0.3 is 11.9 Å². The van der Waals surface area contributed by atoms with Crippen LogP contribution < -0.4 is 0 Å². The van der Waals surface area contributed by atoms with E-state index in [1.165, 1.54) is 0 Å². The van der Waals surface area contributed by atoms with E-state index in [2.05, 4.69) is 9.97 Å². The first-order valence-electron chi connectivity index (χ1n) is 9.06. The second-order valence-electron chi connectivity index (χ2n) is 5.88. The number of thioether (sulfide) groups is 1. The summed E-state index contributed by atoms with van der Waals surface area (Å²) in [5, 5.41) is 0.387. The molecular weight excluding hydrogens is 412 g/mol. The lowest BCUT2D eigenvalue weighted by Crippen LogP contribution is -2.31. The molecule has 0 saturated carbocycles. The van der Waals surface area contributed by atoms with Gasteiger partial charge in [-0.05, 0) is 32.0 Å². The number of aromatic nitrogens is 2. The Morgan fingerprint density at radius 1 is 1.00 bits per heavy atom. The fraction of sp³-hybridized carbons (Fsp3) is 0.238. The van der Waals surface area contributed by atoms with E-state index in [4.69, 9.17) is 21.1 Å². The predicted octanol–water partition coefficient (Wildman–Crippen LogP) is 4.54. The minimum absolute atomic E-state index is 0.154. The standard InChI is InChI=1S/C21H19ClN2O4S/c1-3-27-20(25)17(21(26)28-4-2)29-19-15-12-14(22)10-11-16(15)23-18(24-19)13-8-6-5-7-9-13/h5-12,17H,3-4H2,1-2H3. The monoisotopic (exact) mass is 430 g/mol. The molecule has 0 aliphatic carbocycles. The summed E-state index contributed by atoms with van der Waals surface area (Å²) in [6.07, 6.45) is 0. The summed E-state index contributed by atoms with van der Waals surface area (Å²) in [5.41, 5.74) is 1.47. The molecule has 6 nitrogen and oxygen atoms in total. The highest BCUT2D eigenvalue weighted by atomic mass is 35.5. The molecule has 3 aromatic rings. The second-order valence-corrected chi connectivity index (χ2v) is 7.41. The highest BCUT2D eigenvalue weighted by molar-refractivity contribution is 8.01. The normalized spacial score (nSPS) is 10.9. The van der Waals surface area contributed by atoms with E-state index in [0.29, 0.717) is 26.8 Å². The molecule has 0 aliphatic heterocycles. The number of ether oxygens (including phenoxy) is 2. The number of hydrogen-bond acceptors (Lipinski definition) is 7. The highest BCUT2D eigenvalue weighted by Crippen LogP contribution is 2.33. The first-order valence-corrected chi connectivity index (χ1v) is 10.3. The van der Waals surface area contributed by atoms with Crippen molar-refractivity contribution in [3.05, 3.63) is 53.6 Å². The van der Waals surface area contributed by atoms with E-state index in [-0.39, 0.29) is 13.2 Å². The van der Waals surface area contributed by atoms with E-state index in [1.54, 1.807) is 32.0 Å². The van der Waals surface area contributed by atoms with Crippen molar-refractivity contribution >= 4 is 46.2 Å². The minimum Gasteiger partial charge on any atom is -0.465 e. The van der Waals surface area contributed by atoms with Gasteiger partial charge in [0.25, 0.3) is 0 Å². The Bertz CT molecular complexity index is 1010. The number of benzene rings is 2. The topological polar surface area (TPSA) is 78.4 Å². The summed E-state index contributed by atoms with van der Waals surface area (Å²) < 4.78 is 10.1. The van der Waals surface area contributed by atoms with Crippen molar-refractivity contribution in [2.24, 2.45) is 0 Å². The third-order valence-corrected chi connectivity index (χ3v) is 5.28. The molecule has 0 aliphatic rings. The number of halogens is 1. The van der Waals surface area contributed by atoms with E-state index in [1.807, 2.05) is 30.3 Å². The van der Waals surface area contributed by atoms with Crippen molar-refractivity contribution in [2.45, 2.75) is 24.1 Å². The zero-order valence-electron chi connectivity index (χ0n) is 15.9. The Hall–Kier alpha value is -2.64. The van der Waals surface area contributed by atoms with Crippen LogP contribution >= 0.6 is 23.4 Å². The van der Waals surface area contributed by atoms with Gasteiger partial charge in [0.05, 0.1) is 18.7 Å². The molecule has 0 spiro atoms. The van der Waals surface area contributed by atoms with Gasteiger partial charge in [-0.15, -0.1) is 0 Å². The van der Waals surface area contributed by atoms with Crippen LogP contribution in [-0.2, 0) is 19.1 Å². The maximum Gasteiger partial charge on any atom is 0.331 e. The average molecular weight is 431 g/mol. The number of hydrogen-bond donors (Lipinski definition) is 0. The van der Waals surface area contributed by atoms with Gasteiger partial charge in [-0.3, -0.25) is 9.59 Å². The van der Waals surface area contributed by atoms with Gasteiger partial charge in [-0.1, -0.05) is 53.7 Å². The molecule has 0 atom stereocenters. The molecule has 0 amide bonds. The third-order valence-electron chi connectivity index (χ3n) is 3.89. The summed E-state index contributed by atoms with van der Waals surface area (Å²) >= 11 is 7.13. The maximum atomic E-state index is 12.4. The fourth-order valence-corrected chi connectivity index (χ4v) is 3.77. The number of rotatable bonds is 7. The molecule has 2 aromatic carbocycles. The Morgan fingerprint density at radius 3 is 2.28 bits per heavy atom. The van der Waals surface area contributed by atoms with Gasteiger partial charge in [0.15, 0.2) is 5.82 Å². The minimum atomic E-state index is -1.20. The molecule has 8 heteroatoms. The molecule has 150 valence electrons. The second kappa shape index (κ2) is 9.71. The summed E-state index contributed by atoms with van der Waals surface area (Å²) in [7, 11) is 0. The maximum absolute atomic E-state index is 12.4. The summed E-state index contributed by atoms with van der Waals surface area (Å²) in [6.45, 7) is 3.66. The number of nitrogens with zero attached hydrogens (tertiary/aromatic N) is 2. The Morgan fingerprint density at radius 2 is 1.66 bits per heavy atom. The van der Waals surface area contributed by atoms with Gasteiger partial charge in [0, 0.05) is 16.0 Å². The molecule has 0 bridgehead atoms. The summed E-state index contributed by atoms with van der Waals surface area (Å²) in [4.78, 5) is 34.0. The van der Waals surface area contributed by atoms with Crippen molar-refractivity contribution < 1.29 is 19.1 Å². The van der Waals surface area contributed by atoms with Crippen LogP contribution in [0.5, 0.6) is 0 Å². The number of esters is 2. The molecule has 3 rings (SSSR count). The summed E-state index contributed by atoms with van der Waals surface area (Å²) in [6, 6.07) is 14.7. The van der Waals surface area contributed by atoms with E-state index >= 15 is 0 Å². The van der Waals surface area contributed by atoms with Crippen LogP contribution in [0.2, 0.25) is 5.02 Å². The van der Waals surface area contributed by atoms with Crippen LogP contribution in [0.4, 0.5) is 0 Å². The van der Waals surface area contributed by atoms with Gasteiger partial charge in [0.1, 0.15) is 5.03 Å². The van der Waals surface area contributed by atoms with Gasteiger partial charge in [-0.2, -0.15) is 0 Å². The average Bonchev–Trinajstić information content (AvgIpc) is 2.72. The van der Waals surface area contributed by atoms with Crippen LogP contribution in [-0.4, -0.2) is 40.4 Å². The first-order chi connectivity index (χ1) is 14.0. The van der Waals surface area contributed by atoms with Crippen LogP contribution in [0.15, 0.2) is 53.6 Å². The van der Waals surface area contributed by atoms with Crippen molar-refractivity contribution in [3.63, 3.8) is 0 Å². The van der Waals surface area contributed by atoms with Gasteiger partial charge in [-0.25, -0.2) is 9.97 Å². The molecule has 1 aromatic heterocycles. The molecule has 0 fully saturated rings. The zero-order chi connectivity index (χ0) is 20.8. The lowest BCUT2D eigenvalue weighted by atomic mass is 10.2. The van der Waals surface area contributed by atoms with E-state index < -0.39 is 17.2 Å². The Balaban J connectivity index is 2.10. The number of carbonyl (C=O) groups is 2. The van der Waals surface area contributed by atoms with Crippen molar-refractivity contribution in [1.82, 2.24) is 9.97 Å². The molecule has 0 N–H and O–H groups in total. The largest absolute Gasteiger partial charge is 0.465 e. The lowest BCUT2D eigenvalue weighted by Gasteiger charge is -2.15. The van der Waals surface area contributed by atoms with Crippen LogP contribution in [0.3, 0.4) is 0 Å². The zero-order valence-corrected chi connectivity index (χ0v) is 17.5. The lowest BCUT2D eigenvalue weighted by molar-refractivity contribution is -0.152. The Kier molecular flexibility index (Phi) is 7.06. The highest BCUT2D eigenvalue weighted by Gasteiger charge is 2.32. The van der Waals surface area contributed by atoms with Crippen LogP contribution in [0, 0.1) is 0 Å². The molecular formula is C21H19ClN2O4S. The van der Waals surface area contributed by atoms with Crippen LogP contribution in [0.1, 0.15) is 13.8 Å². The smallest absolute Gasteiger partial charge is 0.331 e. The molecule has 0 saturated heterocycles. The van der Waals surface area contributed by atoms with E-state index in [0.717, 1.165) is 17.3 Å². The van der Waals surface area contributed by atoms with Crippen LogP contribution in [0.25, 0.3) is 22.3 Å². The molecule has 1 heterocycles. The van der Waals surface area contributed by atoms with Gasteiger partial charge in [0.2, 0.25) is 5.25 Å². The number of carbonyl (C=O) groups excluding carboxylic acids is 2. The van der Waals surface area contributed by atoms with Gasteiger partial charge < -0.3 is 9.47 Å². The van der Waals surface area contributed by atoms with Crippen molar-refractivity contribution in [1.29, 1.82) is 0 Å². The predicted molar refractivity (Wildman–Crippen MR) is 113 cm³/mol. The third kappa shape index (κ3) is 5.05. The Labute approximate surface area is 177 Å². The fourth-order valence-electron chi connectivity index (χ4n) is 2.62.